The van der Waals surface area contributed by atoms with E-state index < -0.39 is 0 Å². The van der Waals surface area contributed by atoms with E-state index in [-0.39, 0.29) is 0 Å². The second kappa shape index (κ2) is 7.55. The van der Waals surface area contributed by atoms with Crippen LogP contribution in [0.3, 0.4) is 0 Å². The zero-order valence-corrected chi connectivity index (χ0v) is 12.4. The molecule has 5 nitrogen and oxygen atoms in total. The van der Waals surface area contributed by atoms with Gasteiger partial charge in [-0.15, -0.1) is 0 Å². The van der Waals surface area contributed by atoms with E-state index in [0.29, 0.717) is 12.6 Å². The van der Waals surface area contributed by atoms with Crippen molar-refractivity contribution in [3.05, 3.63) is 11.9 Å². The van der Waals surface area contributed by atoms with Crippen LogP contribution in [0, 0.1) is 0 Å². The van der Waals surface area contributed by atoms with Crippen molar-refractivity contribution < 1.29 is 4.74 Å². The normalized spacial score (nSPS) is 18.5. The molecule has 0 spiro atoms. The lowest BCUT2D eigenvalue weighted by atomic mass is 10.2. The van der Waals surface area contributed by atoms with Crippen LogP contribution in [0.15, 0.2) is 6.07 Å². The summed E-state index contributed by atoms with van der Waals surface area (Å²) in [4.78, 5) is 8.94. The smallest absolute Gasteiger partial charge is 0.158 e. The van der Waals surface area contributed by atoms with Crippen molar-refractivity contribution in [3.63, 3.8) is 0 Å². The molecule has 2 rings (SSSR count). The number of ether oxygens (including phenoxy) is 1. The minimum Gasteiger partial charge on any atom is -0.377 e. The van der Waals surface area contributed by atoms with Gasteiger partial charge >= 0.3 is 0 Å². The van der Waals surface area contributed by atoms with Gasteiger partial charge in [-0.3, -0.25) is 0 Å². The zero-order valence-electron chi connectivity index (χ0n) is 11.6. The lowest BCUT2D eigenvalue weighted by molar-refractivity contribution is 0.178. The van der Waals surface area contributed by atoms with E-state index in [4.69, 9.17) is 4.74 Å². The van der Waals surface area contributed by atoms with Gasteiger partial charge in [0.2, 0.25) is 0 Å². The molecule has 2 N–H and O–H groups in total. The molecule has 1 unspecified atom stereocenters. The molecule has 0 aromatic carbocycles. The van der Waals surface area contributed by atoms with Crippen LogP contribution in [0.25, 0.3) is 0 Å². The van der Waals surface area contributed by atoms with E-state index >= 15 is 0 Å². The summed E-state index contributed by atoms with van der Waals surface area (Å²) in [6, 6.07) is 2.51. The van der Waals surface area contributed by atoms with E-state index in [1.165, 1.54) is 12.2 Å². The Morgan fingerprint density at radius 2 is 2.26 bits per heavy atom. The standard InChI is InChI=1S/C13H22N4OS/c1-3-5-14-11-7-12(15-10-4-6-19-9-10)17-13(16-11)8-18-2/h7,10H,3-6,8-9H2,1-2H3,(H2,14,15,16,17). The van der Waals surface area contributed by atoms with Crippen molar-refractivity contribution in [3.8, 4) is 0 Å². The molecule has 1 aromatic heterocycles. The number of hydrogen-bond donors (Lipinski definition) is 2. The highest BCUT2D eigenvalue weighted by Crippen LogP contribution is 2.21. The van der Waals surface area contributed by atoms with Crippen molar-refractivity contribution in [2.45, 2.75) is 32.4 Å². The number of anilines is 2. The summed E-state index contributed by atoms with van der Waals surface area (Å²) in [5.74, 6) is 4.87. The summed E-state index contributed by atoms with van der Waals surface area (Å²) in [5, 5.41) is 6.80. The lowest BCUT2D eigenvalue weighted by Gasteiger charge is -2.14. The molecule has 0 aliphatic carbocycles. The molecule has 1 aromatic rings. The van der Waals surface area contributed by atoms with Gasteiger partial charge in [0.1, 0.15) is 18.2 Å². The first kappa shape index (κ1) is 14.4. The first-order valence-electron chi connectivity index (χ1n) is 6.77. The van der Waals surface area contributed by atoms with Crippen molar-refractivity contribution in [2.75, 3.05) is 35.8 Å². The van der Waals surface area contributed by atoms with Crippen molar-refractivity contribution >= 4 is 23.4 Å². The Kier molecular flexibility index (Phi) is 5.72. The Labute approximate surface area is 118 Å². The highest BCUT2D eigenvalue weighted by atomic mass is 32.2. The summed E-state index contributed by atoms with van der Waals surface area (Å²) in [6.45, 7) is 3.50. The predicted octanol–water partition coefficient (Wildman–Crippen LogP) is 2.36. The van der Waals surface area contributed by atoms with Crippen LogP contribution in [0.1, 0.15) is 25.6 Å². The third kappa shape index (κ3) is 4.54. The number of hydrogen-bond acceptors (Lipinski definition) is 6. The summed E-state index contributed by atoms with van der Waals surface area (Å²) in [5.41, 5.74) is 0. The van der Waals surface area contributed by atoms with Gasteiger partial charge in [-0.25, -0.2) is 9.97 Å². The van der Waals surface area contributed by atoms with E-state index in [0.717, 1.165) is 36.2 Å². The van der Waals surface area contributed by atoms with Gasteiger partial charge in [0.05, 0.1) is 0 Å². The van der Waals surface area contributed by atoms with Crippen LogP contribution < -0.4 is 10.6 Å². The monoisotopic (exact) mass is 282 g/mol. The Bertz CT molecular complexity index is 396. The first-order chi connectivity index (χ1) is 9.31. The second-order valence-electron chi connectivity index (χ2n) is 4.62. The van der Waals surface area contributed by atoms with Crippen molar-refractivity contribution in [1.29, 1.82) is 0 Å². The molecule has 19 heavy (non-hydrogen) atoms. The summed E-state index contributed by atoms with van der Waals surface area (Å²) in [7, 11) is 1.66. The Morgan fingerprint density at radius 3 is 2.95 bits per heavy atom. The van der Waals surface area contributed by atoms with E-state index in [1.54, 1.807) is 7.11 Å². The van der Waals surface area contributed by atoms with Crippen LogP contribution >= 0.6 is 11.8 Å². The molecule has 0 amide bonds. The Balaban J connectivity index is 2.07. The first-order valence-corrected chi connectivity index (χ1v) is 7.92. The maximum absolute atomic E-state index is 5.13. The number of thioether (sulfide) groups is 1. The molecular formula is C13H22N4OS. The maximum Gasteiger partial charge on any atom is 0.158 e. The number of nitrogens with one attached hydrogen (secondary N) is 2. The minimum absolute atomic E-state index is 0.440. The Hall–Kier alpha value is -1.01. The van der Waals surface area contributed by atoms with E-state index in [1.807, 2.05) is 17.8 Å². The maximum atomic E-state index is 5.13. The molecule has 1 atom stereocenters. The van der Waals surface area contributed by atoms with Gasteiger partial charge in [-0.2, -0.15) is 11.8 Å². The number of aromatic nitrogens is 2. The highest BCUT2D eigenvalue weighted by molar-refractivity contribution is 7.99. The molecule has 106 valence electrons. The van der Waals surface area contributed by atoms with Gasteiger partial charge in [-0.1, -0.05) is 6.92 Å². The van der Waals surface area contributed by atoms with Gasteiger partial charge in [0, 0.05) is 31.5 Å². The summed E-state index contributed by atoms with van der Waals surface area (Å²) >= 11 is 1.99. The average molecular weight is 282 g/mol. The minimum atomic E-state index is 0.440. The topological polar surface area (TPSA) is 59.1 Å². The predicted molar refractivity (Wildman–Crippen MR) is 80.9 cm³/mol. The van der Waals surface area contributed by atoms with Gasteiger partial charge in [0.15, 0.2) is 5.82 Å². The van der Waals surface area contributed by atoms with Crippen LogP contribution in [0.2, 0.25) is 0 Å². The fourth-order valence-electron chi connectivity index (χ4n) is 1.97. The summed E-state index contributed by atoms with van der Waals surface area (Å²) < 4.78 is 5.13. The number of rotatable bonds is 7. The fourth-order valence-corrected chi connectivity index (χ4v) is 3.12. The molecule has 0 saturated carbocycles. The molecule has 6 heteroatoms. The number of methoxy groups -OCH3 is 1. The van der Waals surface area contributed by atoms with Crippen LogP contribution in [0.5, 0.6) is 0 Å². The zero-order chi connectivity index (χ0) is 13.5. The molecule has 1 aliphatic heterocycles. The van der Waals surface area contributed by atoms with Crippen LogP contribution in [-0.2, 0) is 11.3 Å². The molecule has 1 saturated heterocycles. The third-order valence-electron chi connectivity index (χ3n) is 2.88. The molecule has 1 aliphatic rings. The second-order valence-corrected chi connectivity index (χ2v) is 5.77. The van der Waals surface area contributed by atoms with Crippen LogP contribution in [0.4, 0.5) is 11.6 Å². The van der Waals surface area contributed by atoms with Crippen molar-refractivity contribution in [2.24, 2.45) is 0 Å². The molecule has 0 bridgehead atoms. The fraction of sp³-hybridized carbons (Fsp3) is 0.692. The van der Waals surface area contributed by atoms with Crippen molar-refractivity contribution in [1.82, 2.24) is 9.97 Å². The highest BCUT2D eigenvalue weighted by Gasteiger charge is 2.16. The lowest BCUT2D eigenvalue weighted by Crippen LogP contribution is -2.20. The molecule has 2 heterocycles. The SMILES string of the molecule is CCCNc1cc(NC2CCSC2)nc(COC)n1. The largest absolute Gasteiger partial charge is 0.377 e. The van der Waals surface area contributed by atoms with E-state index in [2.05, 4.69) is 27.5 Å². The molecular weight excluding hydrogens is 260 g/mol. The number of nitrogens with zero attached hydrogens (tertiary/aromatic N) is 2. The van der Waals surface area contributed by atoms with E-state index in [9.17, 15) is 0 Å². The third-order valence-corrected chi connectivity index (χ3v) is 4.05. The molecule has 1 fully saturated rings. The van der Waals surface area contributed by atoms with Gasteiger partial charge < -0.3 is 15.4 Å². The summed E-state index contributed by atoms with van der Waals surface area (Å²) in [6.07, 6.45) is 2.28. The van der Waals surface area contributed by atoms with Gasteiger partial charge in [-0.05, 0) is 18.6 Å². The molecule has 0 radical (unpaired) electrons. The van der Waals surface area contributed by atoms with Gasteiger partial charge in [0.25, 0.3) is 0 Å². The quantitative estimate of drug-likeness (QED) is 0.800. The average Bonchev–Trinajstić information content (AvgIpc) is 2.89. The van der Waals surface area contributed by atoms with Crippen LogP contribution in [-0.4, -0.2) is 41.2 Å². The Morgan fingerprint density at radius 1 is 1.42 bits per heavy atom.